The lowest BCUT2D eigenvalue weighted by Crippen LogP contribution is -2.42. The van der Waals surface area contributed by atoms with Crippen molar-refractivity contribution in [3.05, 3.63) is 48.0 Å². The molecule has 8 nitrogen and oxygen atoms in total. The fourth-order valence-electron chi connectivity index (χ4n) is 2.82. The fraction of sp³-hybridized carbons (Fsp3) is 0.300. The standard InChI is InChI=1S/C20H19NO7/c1-12(19(22)21-9-13-6-7-15-17(8-13)26-11-25-15)27-20(23)18-10-24-14-4-2-3-5-16(14)28-18/h2-8,12,18H,9-11H2,1H3,(H,21,22)/t12-,18-/m1/s1. The van der Waals surface area contributed by atoms with Crippen molar-refractivity contribution >= 4 is 11.9 Å². The summed E-state index contributed by atoms with van der Waals surface area (Å²) >= 11 is 0. The first-order valence-electron chi connectivity index (χ1n) is 8.85. The number of hydrogen-bond donors (Lipinski definition) is 1. The van der Waals surface area contributed by atoms with Gasteiger partial charge in [-0.3, -0.25) is 4.79 Å². The van der Waals surface area contributed by atoms with Gasteiger partial charge in [-0.05, 0) is 36.8 Å². The number of hydrogen-bond acceptors (Lipinski definition) is 7. The van der Waals surface area contributed by atoms with E-state index in [-0.39, 0.29) is 19.9 Å². The first kappa shape index (κ1) is 18.0. The van der Waals surface area contributed by atoms with Crippen LogP contribution in [0.4, 0.5) is 0 Å². The van der Waals surface area contributed by atoms with E-state index >= 15 is 0 Å². The molecule has 0 spiro atoms. The monoisotopic (exact) mass is 385 g/mol. The lowest BCUT2D eigenvalue weighted by Gasteiger charge is -2.25. The highest BCUT2D eigenvalue weighted by Crippen LogP contribution is 2.32. The van der Waals surface area contributed by atoms with Crippen molar-refractivity contribution in [1.82, 2.24) is 5.32 Å². The van der Waals surface area contributed by atoms with E-state index in [9.17, 15) is 9.59 Å². The smallest absolute Gasteiger partial charge is 0.351 e. The molecule has 2 aromatic rings. The predicted octanol–water partition coefficient (Wildman–Crippen LogP) is 1.80. The van der Waals surface area contributed by atoms with Crippen LogP contribution in [0.25, 0.3) is 0 Å². The lowest BCUT2D eigenvalue weighted by atomic mass is 10.2. The molecule has 0 fully saturated rings. The number of esters is 1. The number of rotatable bonds is 5. The van der Waals surface area contributed by atoms with Gasteiger partial charge in [0.2, 0.25) is 12.9 Å². The van der Waals surface area contributed by atoms with Crippen molar-refractivity contribution in [1.29, 1.82) is 0 Å². The van der Waals surface area contributed by atoms with Gasteiger partial charge in [0.05, 0.1) is 0 Å². The van der Waals surface area contributed by atoms with Gasteiger partial charge in [-0.1, -0.05) is 18.2 Å². The number of fused-ring (bicyclic) bond motifs is 2. The summed E-state index contributed by atoms with van der Waals surface area (Å²) < 4.78 is 26.9. The molecule has 2 aliphatic rings. The van der Waals surface area contributed by atoms with Crippen LogP contribution in [0.5, 0.6) is 23.0 Å². The first-order valence-corrected chi connectivity index (χ1v) is 8.85. The molecule has 2 aromatic carbocycles. The summed E-state index contributed by atoms with van der Waals surface area (Å²) in [5.41, 5.74) is 0.844. The van der Waals surface area contributed by atoms with Crippen molar-refractivity contribution in [2.24, 2.45) is 0 Å². The molecule has 0 unspecified atom stereocenters. The van der Waals surface area contributed by atoms with E-state index in [4.69, 9.17) is 23.7 Å². The quantitative estimate of drug-likeness (QED) is 0.785. The molecule has 2 heterocycles. The topological polar surface area (TPSA) is 92.3 Å². The SMILES string of the molecule is C[C@@H](OC(=O)[C@H]1COc2ccccc2O1)C(=O)NCc1ccc2c(c1)OCO2. The third-order valence-corrected chi connectivity index (χ3v) is 4.34. The fourth-order valence-corrected chi connectivity index (χ4v) is 2.82. The normalized spacial score (nSPS) is 17.5. The maximum atomic E-state index is 12.3. The predicted molar refractivity (Wildman–Crippen MR) is 96.3 cm³/mol. The maximum Gasteiger partial charge on any atom is 0.351 e. The molecule has 4 rings (SSSR count). The second-order valence-corrected chi connectivity index (χ2v) is 6.35. The number of amides is 1. The summed E-state index contributed by atoms with van der Waals surface area (Å²) in [5.74, 6) is 1.29. The van der Waals surface area contributed by atoms with Crippen LogP contribution in [0.1, 0.15) is 12.5 Å². The maximum absolute atomic E-state index is 12.3. The minimum absolute atomic E-state index is 0.0291. The summed E-state index contributed by atoms with van der Waals surface area (Å²) in [6.07, 6.45) is -1.89. The van der Waals surface area contributed by atoms with Gasteiger partial charge in [-0.15, -0.1) is 0 Å². The van der Waals surface area contributed by atoms with Crippen molar-refractivity contribution in [2.45, 2.75) is 25.7 Å². The van der Waals surface area contributed by atoms with Crippen LogP contribution in [0.15, 0.2) is 42.5 Å². The summed E-state index contributed by atoms with van der Waals surface area (Å²) in [6.45, 7) is 2.00. The Morgan fingerprint density at radius 2 is 1.82 bits per heavy atom. The highest BCUT2D eigenvalue weighted by Gasteiger charge is 2.31. The Morgan fingerprint density at radius 3 is 2.68 bits per heavy atom. The van der Waals surface area contributed by atoms with Gasteiger partial charge in [0.25, 0.3) is 5.91 Å². The zero-order chi connectivity index (χ0) is 19.5. The average molecular weight is 385 g/mol. The van der Waals surface area contributed by atoms with Crippen LogP contribution in [-0.4, -0.2) is 37.5 Å². The van der Waals surface area contributed by atoms with Crippen LogP contribution in [-0.2, 0) is 20.9 Å². The van der Waals surface area contributed by atoms with Crippen LogP contribution in [0.2, 0.25) is 0 Å². The number of carbonyl (C=O) groups is 2. The Hall–Kier alpha value is -3.42. The van der Waals surface area contributed by atoms with Gasteiger partial charge in [-0.25, -0.2) is 4.79 Å². The minimum Gasteiger partial charge on any atom is -0.485 e. The zero-order valence-corrected chi connectivity index (χ0v) is 15.2. The third kappa shape index (κ3) is 3.80. The van der Waals surface area contributed by atoms with Crippen LogP contribution in [0, 0.1) is 0 Å². The molecule has 0 saturated heterocycles. The van der Waals surface area contributed by atoms with E-state index in [1.165, 1.54) is 6.92 Å². The lowest BCUT2D eigenvalue weighted by molar-refractivity contribution is -0.163. The second kappa shape index (κ2) is 7.67. The Labute approximate surface area is 161 Å². The van der Waals surface area contributed by atoms with Gasteiger partial charge in [0, 0.05) is 6.54 Å². The van der Waals surface area contributed by atoms with E-state index in [0.717, 1.165) is 5.56 Å². The molecule has 146 valence electrons. The van der Waals surface area contributed by atoms with E-state index < -0.39 is 24.1 Å². The van der Waals surface area contributed by atoms with E-state index in [1.54, 1.807) is 30.3 Å². The second-order valence-electron chi connectivity index (χ2n) is 6.35. The first-order chi connectivity index (χ1) is 13.6. The van der Waals surface area contributed by atoms with Crippen LogP contribution in [0.3, 0.4) is 0 Å². The Balaban J connectivity index is 1.28. The summed E-state index contributed by atoms with van der Waals surface area (Å²) in [6, 6.07) is 12.5. The molecule has 1 amide bonds. The Bertz CT molecular complexity index is 898. The molecule has 0 aromatic heterocycles. The summed E-state index contributed by atoms with van der Waals surface area (Å²) in [5, 5.41) is 2.73. The molecule has 1 N–H and O–H groups in total. The van der Waals surface area contributed by atoms with E-state index in [1.807, 2.05) is 12.1 Å². The van der Waals surface area contributed by atoms with Gasteiger partial charge >= 0.3 is 5.97 Å². The largest absolute Gasteiger partial charge is 0.485 e. The van der Waals surface area contributed by atoms with Crippen molar-refractivity contribution in [3.8, 4) is 23.0 Å². The molecule has 2 atom stereocenters. The Kier molecular flexibility index (Phi) is 4.92. The summed E-state index contributed by atoms with van der Waals surface area (Å²) in [7, 11) is 0. The van der Waals surface area contributed by atoms with E-state index in [2.05, 4.69) is 5.32 Å². The zero-order valence-electron chi connectivity index (χ0n) is 15.2. The number of carbonyl (C=O) groups excluding carboxylic acids is 2. The Morgan fingerprint density at radius 1 is 1.07 bits per heavy atom. The molecule has 0 aliphatic carbocycles. The molecule has 0 saturated carbocycles. The van der Waals surface area contributed by atoms with Crippen molar-refractivity contribution < 1.29 is 33.3 Å². The molecule has 0 bridgehead atoms. The molecular formula is C20H19NO7. The molecule has 8 heteroatoms. The highest BCUT2D eigenvalue weighted by atomic mass is 16.7. The van der Waals surface area contributed by atoms with E-state index in [0.29, 0.717) is 23.0 Å². The van der Waals surface area contributed by atoms with Crippen LogP contribution < -0.4 is 24.3 Å². The van der Waals surface area contributed by atoms with Crippen molar-refractivity contribution in [2.75, 3.05) is 13.4 Å². The van der Waals surface area contributed by atoms with Crippen LogP contribution >= 0.6 is 0 Å². The van der Waals surface area contributed by atoms with Gasteiger partial charge < -0.3 is 29.0 Å². The van der Waals surface area contributed by atoms with Gasteiger partial charge in [-0.2, -0.15) is 0 Å². The molecule has 0 radical (unpaired) electrons. The summed E-state index contributed by atoms with van der Waals surface area (Å²) in [4.78, 5) is 24.5. The average Bonchev–Trinajstić information content (AvgIpc) is 3.19. The number of nitrogens with one attached hydrogen (secondary N) is 1. The number of ether oxygens (including phenoxy) is 5. The highest BCUT2D eigenvalue weighted by molar-refractivity contribution is 5.84. The number of benzene rings is 2. The minimum atomic E-state index is -0.970. The van der Waals surface area contributed by atoms with Crippen molar-refractivity contribution in [3.63, 3.8) is 0 Å². The molecule has 2 aliphatic heterocycles. The molecule has 28 heavy (non-hydrogen) atoms. The molecular weight excluding hydrogens is 366 g/mol. The van der Waals surface area contributed by atoms with Gasteiger partial charge in [0.15, 0.2) is 29.1 Å². The number of para-hydroxylation sites is 2. The third-order valence-electron chi connectivity index (χ3n) is 4.34. The van der Waals surface area contributed by atoms with Gasteiger partial charge in [0.1, 0.15) is 6.61 Å².